The molecule has 4 heteroatoms. The van der Waals surface area contributed by atoms with Crippen LogP contribution in [0.5, 0.6) is 0 Å². The van der Waals surface area contributed by atoms with Crippen LogP contribution in [0.3, 0.4) is 0 Å². The Kier molecular flexibility index (Phi) is 1.55. The quantitative estimate of drug-likeness (QED) is 0.649. The molecule has 62 valence electrons. The van der Waals surface area contributed by atoms with Crippen LogP contribution < -0.4 is 5.73 Å². The Morgan fingerprint density at radius 1 is 1.42 bits per heavy atom. The second kappa shape index (κ2) is 2.57. The first-order valence-electron chi connectivity index (χ1n) is 3.82. The monoisotopic (exact) mass is 162 g/mol. The van der Waals surface area contributed by atoms with Crippen LogP contribution in [0.1, 0.15) is 11.1 Å². The van der Waals surface area contributed by atoms with Crippen LogP contribution in [0, 0.1) is 6.92 Å². The van der Waals surface area contributed by atoms with Crippen molar-refractivity contribution in [2.24, 2.45) is 5.73 Å². The predicted octanol–water partition coefficient (Wildman–Crippen LogP) is 0.725. The van der Waals surface area contributed by atoms with Gasteiger partial charge < -0.3 is 5.73 Å². The molecule has 3 N–H and O–H groups in total. The maximum atomic E-state index is 5.55. The van der Waals surface area contributed by atoms with Crippen LogP contribution >= 0.6 is 0 Å². The molecule has 2 aromatic rings. The van der Waals surface area contributed by atoms with Crippen molar-refractivity contribution in [2.45, 2.75) is 13.5 Å². The van der Waals surface area contributed by atoms with Gasteiger partial charge in [0, 0.05) is 6.54 Å². The zero-order chi connectivity index (χ0) is 8.55. The van der Waals surface area contributed by atoms with E-state index >= 15 is 0 Å². The number of aromatic amines is 1. The van der Waals surface area contributed by atoms with Crippen molar-refractivity contribution < 1.29 is 0 Å². The van der Waals surface area contributed by atoms with Crippen molar-refractivity contribution in [3.63, 3.8) is 0 Å². The highest BCUT2D eigenvalue weighted by molar-refractivity contribution is 5.78. The van der Waals surface area contributed by atoms with E-state index in [9.17, 15) is 0 Å². The molecule has 0 spiro atoms. The molecule has 1 aromatic heterocycles. The number of nitrogens with two attached hydrogens (primary N) is 1. The molecule has 0 aliphatic rings. The van der Waals surface area contributed by atoms with Gasteiger partial charge in [-0.2, -0.15) is 15.4 Å². The predicted molar refractivity (Wildman–Crippen MR) is 46.5 cm³/mol. The summed E-state index contributed by atoms with van der Waals surface area (Å²) in [6.45, 7) is 2.56. The summed E-state index contributed by atoms with van der Waals surface area (Å²) in [5.41, 5.74) is 9.60. The summed E-state index contributed by atoms with van der Waals surface area (Å²) in [6.07, 6.45) is 0. The normalized spacial score (nSPS) is 10.8. The molecule has 0 saturated carbocycles. The number of nitrogens with one attached hydrogen (secondary N) is 1. The lowest BCUT2D eigenvalue weighted by molar-refractivity contribution is 0.957. The van der Waals surface area contributed by atoms with E-state index in [1.165, 1.54) is 0 Å². The van der Waals surface area contributed by atoms with Crippen molar-refractivity contribution in [3.8, 4) is 0 Å². The maximum absolute atomic E-state index is 5.55. The van der Waals surface area contributed by atoms with Crippen molar-refractivity contribution in [2.75, 3.05) is 0 Å². The third-order valence-electron chi connectivity index (χ3n) is 2.07. The van der Waals surface area contributed by atoms with Gasteiger partial charge in [-0.3, -0.25) is 0 Å². The lowest BCUT2D eigenvalue weighted by Crippen LogP contribution is -1.98. The fraction of sp³-hybridized carbons (Fsp3) is 0.250. The number of fused-ring (bicyclic) bond motifs is 1. The third-order valence-corrected chi connectivity index (χ3v) is 2.07. The Balaban J connectivity index is 2.78. The summed E-state index contributed by atoms with van der Waals surface area (Å²) >= 11 is 0. The van der Waals surface area contributed by atoms with Gasteiger partial charge in [0.1, 0.15) is 11.0 Å². The molecular weight excluding hydrogens is 152 g/mol. The first-order chi connectivity index (χ1) is 5.83. The summed E-state index contributed by atoms with van der Waals surface area (Å²) in [4.78, 5) is 0. The average Bonchev–Trinajstić information content (AvgIpc) is 2.53. The molecule has 4 nitrogen and oxygen atoms in total. The molecule has 0 aliphatic heterocycles. The minimum absolute atomic E-state index is 0.550. The van der Waals surface area contributed by atoms with Gasteiger partial charge in [0.05, 0.1) is 0 Å². The second-order valence-electron chi connectivity index (χ2n) is 2.75. The van der Waals surface area contributed by atoms with Gasteiger partial charge in [-0.25, -0.2) is 0 Å². The number of aromatic nitrogens is 3. The smallest absolute Gasteiger partial charge is 0.116 e. The molecule has 0 bridgehead atoms. The molecule has 0 unspecified atom stereocenters. The molecule has 1 aromatic carbocycles. The highest BCUT2D eigenvalue weighted by Crippen LogP contribution is 2.16. The SMILES string of the molecule is Cc1c(CN)ccc2n[nH]nc12. The highest BCUT2D eigenvalue weighted by atomic mass is 15.3. The molecule has 0 atom stereocenters. The van der Waals surface area contributed by atoms with E-state index in [4.69, 9.17) is 5.73 Å². The first kappa shape index (κ1) is 7.24. The lowest BCUT2D eigenvalue weighted by atomic mass is 10.1. The van der Waals surface area contributed by atoms with Gasteiger partial charge in [-0.15, -0.1) is 0 Å². The summed E-state index contributed by atoms with van der Waals surface area (Å²) in [7, 11) is 0. The van der Waals surface area contributed by atoms with Gasteiger partial charge >= 0.3 is 0 Å². The molecule has 0 fully saturated rings. The number of rotatable bonds is 1. The highest BCUT2D eigenvalue weighted by Gasteiger charge is 2.04. The number of nitrogens with zero attached hydrogens (tertiary/aromatic N) is 2. The van der Waals surface area contributed by atoms with Crippen LogP contribution in [0.2, 0.25) is 0 Å². The minimum atomic E-state index is 0.550. The lowest BCUT2D eigenvalue weighted by Gasteiger charge is -2.00. The number of hydrogen-bond donors (Lipinski definition) is 2. The van der Waals surface area contributed by atoms with Crippen molar-refractivity contribution in [1.29, 1.82) is 0 Å². The van der Waals surface area contributed by atoms with E-state index in [0.29, 0.717) is 6.54 Å². The molecule has 0 aliphatic carbocycles. The average molecular weight is 162 g/mol. The first-order valence-corrected chi connectivity index (χ1v) is 3.82. The van der Waals surface area contributed by atoms with Crippen molar-refractivity contribution in [1.82, 2.24) is 15.4 Å². The maximum Gasteiger partial charge on any atom is 0.116 e. The minimum Gasteiger partial charge on any atom is -0.326 e. The van der Waals surface area contributed by atoms with Crippen LogP contribution in [0.4, 0.5) is 0 Å². The molecule has 2 rings (SSSR count). The summed E-state index contributed by atoms with van der Waals surface area (Å²) in [5, 5.41) is 10.6. The summed E-state index contributed by atoms with van der Waals surface area (Å²) < 4.78 is 0. The molecular formula is C8H10N4. The fourth-order valence-corrected chi connectivity index (χ4v) is 1.31. The fourth-order valence-electron chi connectivity index (χ4n) is 1.31. The summed E-state index contributed by atoms with van der Waals surface area (Å²) in [6, 6.07) is 3.91. The Morgan fingerprint density at radius 3 is 3.00 bits per heavy atom. The van der Waals surface area contributed by atoms with Gasteiger partial charge in [0.2, 0.25) is 0 Å². The Labute approximate surface area is 69.8 Å². The topological polar surface area (TPSA) is 67.6 Å². The Hall–Kier alpha value is -1.42. The van der Waals surface area contributed by atoms with Gasteiger partial charge in [0.25, 0.3) is 0 Å². The van der Waals surface area contributed by atoms with E-state index < -0.39 is 0 Å². The van der Waals surface area contributed by atoms with E-state index in [-0.39, 0.29) is 0 Å². The zero-order valence-electron chi connectivity index (χ0n) is 6.83. The van der Waals surface area contributed by atoms with Gasteiger partial charge in [-0.05, 0) is 24.1 Å². The van der Waals surface area contributed by atoms with Gasteiger partial charge in [-0.1, -0.05) is 6.07 Å². The van der Waals surface area contributed by atoms with Crippen molar-refractivity contribution in [3.05, 3.63) is 23.3 Å². The second-order valence-corrected chi connectivity index (χ2v) is 2.75. The third kappa shape index (κ3) is 0.887. The van der Waals surface area contributed by atoms with Crippen LogP contribution in [-0.4, -0.2) is 15.4 Å². The zero-order valence-corrected chi connectivity index (χ0v) is 6.83. The van der Waals surface area contributed by atoms with Crippen molar-refractivity contribution >= 4 is 11.0 Å². The van der Waals surface area contributed by atoms with E-state index in [0.717, 1.165) is 22.2 Å². The van der Waals surface area contributed by atoms with Crippen LogP contribution in [0.15, 0.2) is 12.1 Å². The van der Waals surface area contributed by atoms with E-state index in [1.54, 1.807) is 0 Å². The Morgan fingerprint density at radius 2 is 2.25 bits per heavy atom. The summed E-state index contributed by atoms with van der Waals surface area (Å²) in [5.74, 6) is 0. The largest absolute Gasteiger partial charge is 0.326 e. The van der Waals surface area contributed by atoms with Crippen LogP contribution in [-0.2, 0) is 6.54 Å². The number of hydrogen-bond acceptors (Lipinski definition) is 3. The van der Waals surface area contributed by atoms with E-state index in [1.807, 2.05) is 19.1 Å². The number of benzene rings is 1. The van der Waals surface area contributed by atoms with Crippen LogP contribution in [0.25, 0.3) is 11.0 Å². The molecule has 0 amide bonds. The molecule has 0 saturated heterocycles. The number of aryl methyl sites for hydroxylation is 1. The van der Waals surface area contributed by atoms with E-state index in [2.05, 4.69) is 15.4 Å². The van der Waals surface area contributed by atoms with Gasteiger partial charge in [0.15, 0.2) is 0 Å². The molecule has 1 heterocycles. The number of H-pyrrole nitrogens is 1. The Bertz CT molecular complexity index is 404. The molecule has 12 heavy (non-hydrogen) atoms. The standard InChI is InChI=1S/C8H10N4/c1-5-6(4-9)2-3-7-8(5)11-12-10-7/h2-3H,4,9H2,1H3,(H,10,11,12). The molecule has 0 radical (unpaired) electrons.